The molecule has 0 spiro atoms. The molecule has 1 aliphatic heterocycles. The number of carbonyl (C=O) groups is 3. The molecule has 2 aromatic carbocycles. The van der Waals surface area contributed by atoms with Crippen LogP contribution in [0, 0.1) is 13.8 Å². The minimum atomic E-state index is -0.958. The van der Waals surface area contributed by atoms with Gasteiger partial charge in [0.2, 0.25) is 0 Å². The van der Waals surface area contributed by atoms with Gasteiger partial charge in [-0.15, -0.1) is 0 Å². The van der Waals surface area contributed by atoms with Crippen molar-refractivity contribution in [3.05, 3.63) is 79.8 Å². The van der Waals surface area contributed by atoms with Gasteiger partial charge < -0.3 is 14.6 Å². The summed E-state index contributed by atoms with van der Waals surface area (Å²) < 4.78 is 10.9. The molecule has 35 heavy (non-hydrogen) atoms. The molecule has 8 nitrogen and oxygen atoms in total. The number of methoxy groups -OCH3 is 2. The first-order valence-electron chi connectivity index (χ1n) is 10.4. The molecular weight excluding hydrogens is 536 g/mol. The molecule has 1 aromatic heterocycles. The number of aromatic nitrogens is 1. The molecule has 1 aliphatic rings. The van der Waals surface area contributed by atoms with Crippen molar-refractivity contribution in [2.75, 3.05) is 19.1 Å². The molecule has 0 saturated carbocycles. The topological polar surface area (TPSA) is 106 Å². The highest BCUT2D eigenvalue weighted by Gasteiger charge is 2.48. The predicted octanol–water partition coefficient (Wildman–Crippen LogP) is 4.94. The molecule has 3 aromatic rings. The first kappa shape index (κ1) is 24.6. The molecule has 1 atom stereocenters. The van der Waals surface area contributed by atoms with Crippen LogP contribution >= 0.6 is 27.3 Å². The number of halogens is 1. The van der Waals surface area contributed by atoms with E-state index in [-0.39, 0.29) is 21.3 Å². The highest BCUT2D eigenvalue weighted by Crippen LogP contribution is 2.44. The van der Waals surface area contributed by atoms with Gasteiger partial charge in [-0.05, 0) is 55.3 Å². The number of aliphatic hydroxyl groups excluding tert-OH is 1. The minimum Gasteiger partial charge on any atom is -0.507 e. The number of aryl methyl sites for hydroxylation is 2. The Bertz CT molecular complexity index is 1380. The van der Waals surface area contributed by atoms with Crippen LogP contribution in [0.2, 0.25) is 0 Å². The average Bonchev–Trinajstić information content (AvgIpc) is 3.35. The number of ketones is 1. The smallest absolute Gasteiger partial charge is 0.350 e. The molecule has 0 aliphatic carbocycles. The van der Waals surface area contributed by atoms with E-state index in [0.717, 1.165) is 15.8 Å². The standard InChI is InChI=1S/C25H21BrN2O6S/c1-12-11-16(33-3)9-10-17(12)20(29)18-19(14-5-7-15(26)8-6-14)28(23(31)21(18)30)25-27-13(2)22(35-25)24(32)34-4/h5-11,19,29H,1-4H3/b20-18+/t19-/m1/s1. The Balaban J connectivity index is 1.94. The SMILES string of the molecule is COC(=O)c1sc(N2C(=O)C(=O)/C(=C(/O)c3ccc(OC)cc3C)[C@H]2c2ccc(Br)cc2)nc1C. The van der Waals surface area contributed by atoms with Gasteiger partial charge in [-0.2, -0.15) is 0 Å². The van der Waals surface area contributed by atoms with E-state index in [2.05, 4.69) is 20.9 Å². The van der Waals surface area contributed by atoms with Gasteiger partial charge in [0.25, 0.3) is 5.78 Å². The number of nitrogens with zero attached hydrogens (tertiary/aromatic N) is 2. The number of amides is 1. The Morgan fingerprint density at radius 3 is 2.40 bits per heavy atom. The molecule has 1 fully saturated rings. The van der Waals surface area contributed by atoms with Crippen LogP contribution in [0.1, 0.15) is 38.1 Å². The van der Waals surface area contributed by atoms with E-state index in [9.17, 15) is 19.5 Å². The molecule has 180 valence electrons. The third-order valence-corrected chi connectivity index (χ3v) is 7.35. The van der Waals surface area contributed by atoms with Crippen LogP contribution in [0.15, 0.2) is 52.5 Å². The Kier molecular flexibility index (Phi) is 6.77. The number of carbonyl (C=O) groups excluding carboxylic acids is 3. The molecule has 2 heterocycles. The summed E-state index contributed by atoms with van der Waals surface area (Å²) in [5.74, 6) is -2.00. The Labute approximate surface area is 213 Å². The second-order valence-corrected chi connectivity index (χ2v) is 9.70. The molecule has 4 rings (SSSR count). The lowest BCUT2D eigenvalue weighted by molar-refractivity contribution is -0.132. The molecule has 1 N–H and O–H groups in total. The number of esters is 1. The van der Waals surface area contributed by atoms with Crippen molar-refractivity contribution in [1.82, 2.24) is 4.98 Å². The van der Waals surface area contributed by atoms with Crippen LogP contribution in [-0.2, 0) is 14.3 Å². The van der Waals surface area contributed by atoms with Crippen molar-refractivity contribution in [2.45, 2.75) is 19.9 Å². The summed E-state index contributed by atoms with van der Waals surface area (Å²) in [5.41, 5.74) is 1.96. The molecular formula is C25H21BrN2O6S. The van der Waals surface area contributed by atoms with Crippen LogP contribution in [0.5, 0.6) is 5.75 Å². The number of aliphatic hydroxyl groups is 1. The molecule has 1 saturated heterocycles. The van der Waals surface area contributed by atoms with Crippen molar-refractivity contribution < 1.29 is 29.0 Å². The highest BCUT2D eigenvalue weighted by molar-refractivity contribution is 9.10. The van der Waals surface area contributed by atoms with Crippen molar-refractivity contribution in [2.24, 2.45) is 0 Å². The Hall–Kier alpha value is -3.50. The summed E-state index contributed by atoms with van der Waals surface area (Å²) in [5, 5.41) is 11.5. The molecule has 0 radical (unpaired) electrons. The van der Waals surface area contributed by atoms with E-state index in [1.807, 2.05) is 0 Å². The summed E-state index contributed by atoms with van der Waals surface area (Å²) in [6, 6.07) is 11.1. The van der Waals surface area contributed by atoms with Crippen molar-refractivity contribution >= 4 is 55.8 Å². The van der Waals surface area contributed by atoms with Crippen LogP contribution in [-0.4, -0.2) is 42.0 Å². The van der Waals surface area contributed by atoms with Gasteiger partial charge in [0.05, 0.1) is 31.5 Å². The van der Waals surface area contributed by atoms with E-state index in [1.165, 1.54) is 19.1 Å². The van der Waals surface area contributed by atoms with Gasteiger partial charge in [0, 0.05) is 10.0 Å². The van der Waals surface area contributed by atoms with Gasteiger partial charge in [-0.25, -0.2) is 9.78 Å². The molecule has 0 bridgehead atoms. The third-order valence-electron chi connectivity index (χ3n) is 5.68. The fraction of sp³-hybridized carbons (Fsp3) is 0.200. The second-order valence-electron chi connectivity index (χ2n) is 7.80. The molecule has 0 unspecified atom stereocenters. The number of ether oxygens (including phenoxy) is 2. The van der Waals surface area contributed by atoms with E-state index < -0.39 is 23.7 Å². The van der Waals surface area contributed by atoms with E-state index in [1.54, 1.807) is 56.3 Å². The molecule has 1 amide bonds. The lowest BCUT2D eigenvalue weighted by Crippen LogP contribution is -2.29. The Morgan fingerprint density at radius 1 is 1.11 bits per heavy atom. The maximum atomic E-state index is 13.3. The zero-order valence-corrected chi connectivity index (χ0v) is 21.7. The van der Waals surface area contributed by atoms with E-state index in [0.29, 0.717) is 28.1 Å². The van der Waals surface area contributed by atoms with Gasteiger partial charge in [0.15, 0.2) is 5.13 Å². The Morgan fingerprint density at radius 2 is 1.80 bits per heavy atom. The fourth-order valence-electron chi connectivity index (χ4n) is 3.93. The van der Waals surface area contributed by atoms with Crippen LogP contribution in [0.3, 0.4) is 0 Å². The van der Waals surface area contributed by atoms with Crippen LogP contribution in [0.4, 0.5) is 5.13 Å². The lowest BCUT2D eigenvalue weighted by atomic mass is 9.94. The zero-order valence-electron chi connectivity index (χ0n) is 19.3. The summed E-state index contributed by atoms with van der Waals surface area (Å²) >= 11 is 4.35. The number of anilines is 1. The summed E-state index contributed by atoms with van der Waals surface area (Å²) in [6.45, 7) is 3.40. The average molecular weight is 557 g/mol. The monoisotopic (exact) mass is 556 g/mol. The zero-order chi connectivity index (χ0) is 25.4. The lowest BCUT2D eigenvalue weighted by Gasteiger charge is -2.23. The normalized spacial score (nSPS) is 17.1. The first-order valence-corrected chi connectivity index (χ1v) is 12.1. The molecule has 10 heteroatoms. The largest absolute Gasteiger partial charge is 0.507 e. The number of hydrogen-bond acceptors (Lipinski definition) is 8. The second kappa shape index (κ2) is 9.63. The minimum absolute atomic E-state index is 0.0712. The number of Topliss-reactive ketones (excluding diaryl/α,β-unsaturated/α-hetero) is 1. The predicted molar refractivity (Wildman–Crippen MR) is 135 cm³/mol. The van der Waals surface area contributed by atoms with Gasteiger partial charge >= 0.3 is 11.9 Å². The van der Waals surface area contributed by atoms with Crippen LogP contribution < -0.4 is 9.64 Å². The maximum absolute atomic E-state index is 13.3. The van der Waals surface area contributed by atoms with Gasteiger partial charge in [-0.3, -0.25) is 14.5 Å². The van der Waals surface area contributed by atoms with Gasteiger partial charge in [-0.1, -0.05) is 39.4 Å². The number of benzene rings is 2. The van der Waals surface area contributed by atoms with Crippen LogP contribution in [0.25, 0.3) is 5.76 Å². The number of hydrogen-bond donors (Lipinski definition) is 1. The maximum Gasteiger partial charge on any atom is 0.350 e. The van der Waals surface area contributed by atoms with Crippen molar-refractivity contribution in [1.29, 1.82) is 0 Å². The third kappa shape index (κ3) is 4.35. The first-order chi connectivity index (χ1) is 16.7. The van der Waals surface area contributed by atoms with Gasteiger partial charge in [0.1, 0.15) is 16.4 Å². The van der Waals surface area contributed by atoms with E-state index in [4.69, 9.17) is 9.47 Å². The van der Waals surface area contributed by atoms with Crippen molar-refractivity contribution in [3.8, 4) is 5.75 Å². The number of rotatable bonds is 5. The highest BCUT2D eigenvalue weighted by atomic mass is 79.9. The summed E-state index contributed by atoms with van der Waals surface area (Å²) in [7, 11) is 2.79. The van der Waals surface area contributed by atoms with E-state index >= 15 is 0 Å². The summed E-state index contributed by atoms with van der Waals surface area (Å²) in [4.78, 5) is 44.6. The summed E-state index contributed by atoms with van der Waals surface area (Å²) in [6.07, 6.45) is 0. The van der Waals surface area contributed by atoms with Crippen molar-refractivity contribution in [3.63, 3.8) is 0 Å². The quantitative estimate of drug-likeness (QED) is 0.205. The fourth-order valence-corrected chi connectivity index (χ4v) is 5.21. The number of thiazole rings is 1.